The van der Waals surface area contributed by atoms with Gasteiger partial charge in [-0.3, -0.25) is 4.79 Å². The molecule has 0 heterocycles. The summed E-state index contributed by atoms with van der Waals surface area (Å²) in [5.74, 6) is -0.193. The van der Waals surface area contributed by atoms with E-state index >= 15 is 0 Å². The lowest BCUT2D eigenvalue weighted by Gasteiger charge is -2.32. The van der Waals surface area contributed by atoms with Crippen molar-refractivity contribution < 1.29 is 9.18 Å². The third-order valence-electron chi connectivity index (χ3n) is 5.20. The maximum Gasteiger partial charge on any atom is 0.186 e. The van der Waals surface area contributed by atoms with Crippen LogP contribution >= 0.6 is 0 Å². The van der Waals surface area contributed by atoms with Crippen molar-refractivity contribution in [1.82, 2.24) is 0 Å². The van der Waals surface area contributed by atoms with Gasteiger partial charge in [-0.05, 0) is 45.8 Å². The van der Waals surface area contributed by atoms with Gasteiger partial charge in [0.1, 0.15) is 5.82 Å². The van der Waals surface area contributed by atoms with Crippen LogP contribution in [0.25, 0.3) is 5.57 Å². The summed E-state index contributed by atoms with van der Waals surface area (Å²) in [5, 5.41) is 0. The number of hydrogen-bond donors (Lipinski definition) is 0. The van der Waals surface area contributed by atoms with E-state index in [-0.39, 0.29) is 22.4 Å². The Bertz CT molecular complexity index is 986. The molecule has 0 bridgehead atoms. The molecule has 0 aromatic heterocycles. The monoisotopic (exact) mass is 388 g/mol. The molecule has 2 heteroatoms. The zero-order valence-electron chi connectivity index (χ0n) is 18.1. The summed E-state index contributed by atoms with van der Waals surface area (Å²) >= 11 is 0. The average Bonchev–Trinajstić information content (AvgIpc) is 2.63. The second-order valence-corrected chi connectivity index (χ2v) is 9.62. The van der Waals surface area contributed by atoms with E-state index in [0.717, 1.165) is 27.9 Å². The number of rotatable bonds is 2. The van der Waals surface area contributed by atoms with Gasteiger partial charge in [0.2, 0.25) is 0 Å². The number of hydrogen-bond acceptors (Lipinski definition) is 1. The minimum Gasteiger partial charge on any atom is -0.289 e. The van der Waals surface area contributed by atoms with E-state index in [1.54, 1.807) is 12.1 Å². The lowest BCUT2D eigenvalue weighted by molar-refractivity contribution is -0.114. The molecule has 0 aliphatic heterocycles. The van der Waals surface area contributed by atoms with Crippen molar-refractivity contribution in [2.75, 3.05) is 0 Å². The third-order valence-corrected chi connectivity index (χ3v) is 5.20. The van der Waals surface area contributed by atoms with Crippen LogP contribution in [0.2, 0.25) is 0 Å². The highest BCUT2D eigenvalue weighted by atomic mass is 19.1. The first-order valence-electron chi connectivity index (χ1n) is 10.0. The highest BCUT2D eigenvalue weighted by Crippen LogP contribution is 2.41. The van der Waals surface area contributed by atoms with Crippen LogP contribution in [0.1, 0.15) is 52.7 Å². The van der Waals surface area contributed by atoms with Gasteiger partial charge in [0.25, 0.3) is 0 Å². The summed E-state index contributed by atoms with van der Waals surface area (Å²) in [6.45, 7) is 12.3. The molecule has 1 aliphatic carbocycles. The van der Waals surface area contributed by atoms with Crippen LogP contribution < -0.4 is 0 Å². The van der Waals surface area contributed by atoms with E-state index in [4.69, 9.17) is 0 Å². The Morgan fingerprint density at radius 2 is 1.21 bits per heavy atom. The summed E-state index contributed by atoms with van der Waals surface area (Å²) in [6.07, 6.45) is 3.90. The molecule has 3 rings (SSSR count). The molecule has 1 aliphatic rings. The first-order chi connectivity index (χ1) is 13.5. The molecule has 2 aromatic carbocycles. The lowest BCUT2D eigenvalue weighted by Crippen LogP contribution is -2.28. The first kappa shape index (κ1) is 21.0. The van der Waals surface area contributed by atoms with E-state index in [1.807, 2.05) is 90.1 Å². The maximum atomic E-state index is 14.9. The van der Waals surface area contributed by atoms with E-state index < -0.39 is 0 Å². The van der Waals surface area contributed by atoms with E-state index in [2.05, 4.69) is 0 Å². The molecule has 0 fully saturated rings. The summed E-state index contributed by atoms with van der Waals surface area (Å²) in [7, 11) is 0. The molecule has 1 nitrogen and oxygen atoms in total. The summed E-state index contributed by atoms with van der Waals surface area (Å²) in [6, 6.07) is 16.7. The fourth-order valence-corrected chi connectivity index (χ4v) is 3.63. The topological polar surface area (TPSA) is 17.1 Å². The van der Waals surface area contributed by atoms with Crippen LogP contribution in [-0.4, -0.2) is 5.78 Å². The van der Waals surface area contributed by atoms with Crippen LogP contribution in [0.15, 0.2) is 83.5 Å². The number of Topliss-reactive ketones (excluding diaryl/α,β-unsaturated/α-hetero) is 1. The van der Waals surface area contributed by atoms with Gasteiger partial charge in [0.05, 0.1) is 0 Å². The molecular formula is C27H29FO. The molecule has 2 aromatic rings. The predicted molar refractivity (Wildman–Crippen MR) is 119 cm³/mol. The molecule has 0 atom stereocenters. The minimum atomic E-state index is -0.315. The van der Waals surface area contributed by atoms with Crippen molar-refractivity contribution in [1.29, 1.82) is 0 Å². The zero-order valence-corrected chi connectivity index (χ0v) is 18.1. The maximum absolute atomic E-state index is 14.9. The van der Waals surface area contributed by atoms with Crippen molar-refractivity contribution in [2.45, 2.75) is 41.5 Å². The van der Waals surface area contributed by atoms with Crippen LogP contribution in [0.4, 0.5) is 4.39 Å². The fourth-order valence-electron chi connectivity index (χ4n) is 3.63. The van der Waals surface area contributed by atoms with Gasteiger partial charge in [0.15, 0.2) is 5.78 Å². The average molecular weight is 389 g/mol. The minimum absolute atomic E-state index is 0.0784. The molecule has 0 unspecified atom stereocenters. The number of carbonyl (C=O) groups is 1. The highest BCUT2D eigenvalue weighted by molar-refractivity contribution is 6.12. The number of allylic oxidation sites excluding steroid dienone is 5. The lowest BCUT2D eigenvalue weighted by atomic mass is 9.71. The van der Waals surface area contributed by atoms with E-state index in [9.17, 15) is 9.18 Å². The number of benzene rings is 2. The summed E-state index contributed by atoms with van der Waals surface area (Å²) < 4.78 is 14.9. The van der Waals surface area contributed by atoms with E-state index in [1.165, 1.54) is 6.07 Å². The van der Waals surface area contributed by atoms with Crippen molar-refractivity contribution in [3.63, 3.8) is 0 Å². The van der Waals surface area contributed by atoms with Crippen molar-refractivity contribution >= 4 is 11.4 Å². The fraction of sp³-hybridized carbons (Fsp3) is 0.296. The Morgan fingerprint density at radius 1 is 0.724 bits per heavy atom. The summed E-state index contributed by atoms with van der Waals surface area (Å²) in [5.41, 5.74) is 4.02. The number of halogens is 1. The van der Waals surface area contributed by atoms with Gasteiger partial charge in [-0.2, -0.15) is 0 Å². The first-order valence-corrected chi connectivity index (χ1v) is 10.0. The number of carbonyl (C=O) groups excluding carboxylic acids is 1. The Morgan fingerprint density at radius 3 is 1.69 bits per heavy atom. The second-order valence-electron chi connectivity index (χ2n) is 9.62. The van der Waals surface area contributed by atoms with Gasteiger partial charge in [-0.1, -0.05) is 90.1 Å². The Balaban J connectivity index is 2.42. The molecule has 150 valence electrons. The Labute approximate surface area is 173 Å². The summed E-state index contributed by atoms with van der Waals surface area (Å²) in [4.78, 5) is 13.3. The van der Waals surface area contributed by atoms with Gasteiger partial charge in [0, 0.05) is 16.7 Å². The Kier molecular flexibility index (Phi) is 5.49. The van der Waals surface area contributed by atoms with Crippen LogP contribution in [0, 0.1) is 16.6 Å². The molecule has 0 N–H and O–H groups in total. The standard InChI is InChI=1S/C27H29FO/c1-26(2,3)21-16-19(17-22(25(21)29)27(4,5)6)24(18-12-8-7-9-13-18)20-14-10-11-15-23(20)28/h7-17H,1-6H3. The zero-order chi connectivity index (χ0) is 21.4. The van der Waals surface area contributed by atoms with Crippen LogP contribution in [0.5, 0.6) is 0 Å². The predicted octanol–water partition coefficient (Wildman–Crippen LogP) is 7.16. The smallest absolute Gasteiger partial charge is 0.186 e. The molecular weight excluding hydrogens is 359 g/mol. The van der Waals surface area contributed by atoms with Crippen molar-refractivity contribution in [3.8, 4) is 0 Å². The van der Waals surface area contributed by atoms with Crippen molar-refractivity contribution in [2.24, 2.45) is 10.8 Å². The normalized spacial score (nSPS) is 15.1. The van der Waals surface area contributed by atoms with Gasteiger partial charge in [-0.25, -0.2) is 4.39 Å². The molecule has 0 amide bonds. The molecule has 0 spiro atoms. The van der Waals surface area contributed by atoms with Gasteiger partial charge < -0.3 is 0 Å². The second kappa shape index (κ2) is 7.59. The number of ketones is 1. The molecule has 0 saturated carbocycles. The highest BCUT2D eigenvalue weighted by Gasteiger charge is 2.34. The Hall–Kier alpha value is -2.74. The van der Waals surface area contributed by atoms with E-state index in [0.29, 0.717) is 5.56 Å². The SMILES string of the molecule is CC(C)(C)C1=CC(=C(c2ccccc2)c2ccccc2F)C=C(C(C)(C)C)C1=O. The molecule has 0 radical (unpaired) electrons. The largest absolute Gasteiger partial charge is 0.289 e. The van der Waals surface area contributed by atoms with Crippen LogP contribution in [0.3, 0.4) is 0 Å². The molecule has 0 saturated heterocycles. The third kappa shape index (κ3) is 4.32. The molecule has 29 heavy (non-hydrogen) atoms. The van der Waals surface area contributed by atoms with Crippen LogP contribution in [-0.2, 0) is 4.79 Å². The van der Waals surface area contributed by atoms with Crippen molar-refractivity contribution in [3.05, 3.63) is 100 Å². The quantitative estimate of drug-likeness (QED) is 0.533. The van der Waals surface area contributed by atoms with Gasteiger partial charge >= 0.3 is 0 Å². The van der Waals surface area contributed by atoms with Gasteiger partial charge in [-0.15, -0.1) is 0 Å².